The molecule has 1 unspecified atom stereocenters. The molecular weight excluding hydrogens is 310 g/mol. The number of nitrogens with zero attached hydrogens (tertiary/aromatic N) is 2. The van der Waals surface area contributed by atoms with E-state index in [9.17, 15) is 19.6 Å². The lowest BCUT2D eigenvalue weighted by Crippen LogP contribution is -2.56. The van der Waals surface area contributed by atoms with E-state index in [2.05, 4.69) is 5.32 Å². The molecule has 7 heteroatoms. The van der Waals surface area contributed by atoms with Crippen LogP contribution in [0.3, 0.4) is 0 Å². The van der Waals surface area contributed by atoms with Crippen molar-refractivity contribution in [2.24, 2.45) is 16.7 Å². The minimum absolute atomic E-state index is 0.0416. The predicted octanol–water partition coefficient (Wildman–Crippen LogP) is 1.26. The molecule has 7 nitrogen and oxygen atoms in total. The first-order chi connectivity index (χ1) is 11.0. The number of rotatable bonds is 8. The molecule has 0 spiro atoms. The monoisotopic (exact) mass is 341 g/mol. The van der Waals surface area contributed by atoms with Crippen LogP contribution >= 0.6 is 0 Å². The Morgan fingerprint density at radius 1 is 1.38 bits per heavy atom. The molecule has 138 valence electrons. The molecule has 0 aliphatic heterocycles. The first-order valence-electron chi connectivity index (χ1n) is 8.42. The summed E-state index contributed by atoms with van der Waals surface area (Å²) in [6.45, 7) is 7.68. The first kappa shape index (κ1) is 20.4. The summed E-state index contributed by atoms with van der Waals surface area (Å²) >= 11 is 0. The molecule has 1 aliphatic rings. The average Bonchev–Trinajstić information content (AvgIpc) is 3.16. The molecule has 0 heterocycles. The van der Waals surface area contributed by atoms with E-state index in [0.717, 1.165) is 12.8 Å². The van der Waals surface area contributed by atoms with E-state index in [1.807, 2.05) is 27.7 Å². The zero-order valence-corrected chi connectivity index (χ0v) is 15.6. The maximum absolute atomic E-state index is 12.9. The molecule has 0 bridgehead atoms. The van der Waals surface area contributed by atoms with Crippen molar-refractivity contribution in [3.05, 3.63) is 0 Å². The van der Waals surface area contributed by atoms with Gasteiger partial charge in [-0.05, 0) is 24.2 Å². The second-order valence-electron chi connectivity index (χ2n) is 8.05. The normalized spacial score (nSPS) is 24.0. The van der Waals surface area contributed by atoms with Crippen LogP contribution in [0.25, 0.3) is 0 Å². The summed E-state index contributed by atoms with van der Waals surface area (Å²) in [5.74, 6) is -0.320. The van der Waals surface area contributed by atoms with E-state index in [1.165, 1.54) is 4.90 Å². The molecule has 1 rings (SSSR count). The van der Waals surface area contributed by atoms with E-state index < -0.39 is 16.9 Å². The van der Waals surface area contributed by atoms with Crippen molar-refractivity contribution >= 4 is 18.2 Å². The van der Waals surface area contributed by atoms with Gasteiger partial charge in [0.25, 0.3) is 0 Å². The fourth-order valence-corrected chi connectivity index (χ4v) is 3.16. The Morgan fingerprint density at radius 2 is 1.96 bits per heavy atom. The number of hydrogen-bond donors (Lipinski definition) is 2. The van der Waals surface area contributed by atoms with Crippen molar-refractivity contribution in [2.45, 2.75) is 53.0 Å². The van der Waals surface area contributed by atoms with Gasteiger partial charge in [-0.25, -0.2) is 5.06 Å². The summed E-state index contributed by atoms with van der Waals surface area (Å²) in [6.07, 6.45) is 2.70. The Hall–Kier alpha value is -1.63. The van der Waals surface area contributed by atoms with Gasteiger partial charge in [-0.1, -0.05) is 34.1 Å². The quantitative estimate of drug-likeness (QED) is 0.395. The van der Waals surface area contributed by atoms with Gasteiger partial charge in [0, 0.05) is 14.1 Å². The second-order valence-corrected chi connectivity index (χ2v) is 8.05. The lowest BCUT2D eigenvalue weighted by atomic mass is 9.85. The van der Waals surface area contributed by atoms with Crippen molar-refractivity contribution in [3.8, 4) is 0 Å². The summed E-state index contributed by atoms with van der Waals surface area (Å²) in [4.78, 5) is 37.6. The summed E-state index contributed by atoms with van der Waals surface area (Å²) in [7, 11) is 3.31. The third-order valence-corrected chi connectivity index (χ3v) is 4.72. The molecule has 1 saturated carbocycles. The van der Waals surface area contributed by atoms with Gasteiger partial charge in [0.05, 0.1) is 12.0 Å². The molecule has 0 aromatic heterocycles. The maximum atomic E-state index is 12.9. The van der Waals surface area contributed by atoms with Gasteiger partial charge in [0.2, 0.25) is 18.2 Å². The number of nitrogens with one attached hydrogen (secondary N) is 1. The molecule has 3 amide bonds. The van der Waals surface area contributed by atoms with Gasteiger partial charge in [0.15, 0.2) is 0 Å². The Bertz CT molecular complexity index is 487. The van der Waals surface area contributed by atoms with Crippen molar-refractivity contribution < 1.29 is 19.6 Å². The number of hydrogen-bond acceptors (Lipinski definition) is 4. The smallest absolute Gasteiger partial charge is 0.245 e. The fraction of sp³-hybridized carbons (Fsp3) is 0.824. The molecule has 24 heavy (non-hydrogen) atoms. The van der Waals surface area contributed by atoms with Crippen LogP contribution in [0.5, 0.6) is 0 Å². The molecule has 0 aromatic carbocycles. The summed E-state index contributed by atoms with van der Waals surface area (Å²) in [5.41, 5.74) is -1.25. The van der Waals surface area contributed by atoms with Crippen molar-refractivity contribution in [3.63, 3.8) is 0 Å². The number of hydroxylamine groups is 2. The summed E-state index contributed by atoms with van der Waals surface area (Å²) in [5, 5.41) is 13.0. The van der Waals surface area contributed by atoms with Crippen LogP contribution in [0, 0.1) is 16.7 Å². The van der Waals surface area contributed by atoms with Gasteiger partial charge < -0.3 is 10.2 Å². The second kappa shape index (κ2) is 7.51. The van der Waals surface area contributed by atoms with Crippen LogP contribution in [0.4, 0.5) is 0 Å². The Morgan fingerprint density at radius 3 is 2.38 bits per heavy atom. The van der Waals surface area contributed by atoms with Gasteiger partial charge in [0.1, 0.15) is 6.04 Å². The van der Waals surface area contributed by atoms with Gasteiger partial charge in [-0.15, -0.1) is 0 Å². The third kappa shape index (κ3) is 4.47. The standard InChI is InChI=1S/C17H31N3O4/c1-7-8-12-9-17(12,10-20(24)11-21)15(23)18-13(16(2,3)4)14(22)19(5)6/h11-13,24H,7-10H2,1-6H3,(H,18,23)/t12-,13+,17?/m1/s1. The van der Waals surface area contributed by atoms with Crippen molar-refractivity contribution in [1.29, 1.82) is 0 Å². The Labute approximate surface area is 144 Å². The number of likely N-dealkylation sites (N-methyl/N-ethyl adjacent to an activating group) is 1. The minimum atomic E-state index is -0.804. The van der Waals surface area contributed by atoms with Gasteiger partial charge >= 0.3 is 0 Å². The van der Waals surface area contributed by atoms with E-state index in [4.69, 9.17) is 0 Å². The number of amides is 3. The molecule has 0 radical (unpaired) electrons. The third-order valence-electron chi connectivity index (χ3n) is 4.72. The molecule has 3 atom stereocenters. The van der Waals surface area contributed by atoms with E-state index in [0.29, 0.717) is 17.9 Å². The Kier molecular flexibility index (Phi) is 6.38. The molecule has 0 saturated heterocycles. The zero-order chi connectivity index (χ0) is 18.7. The topological polar surface area (TPSA) is 90.0 Å². The maximum Gasteiger partial charge on any atom is 0.245 e. The zero-order valence-electron chi connectivity index (χ0n) is 15.6. The van der Waals surface area contributed by atoms with E-state index in [-0.39, 0.29) is 24.3 Å². The predicted molar refractivity (Wildman–Crippen MR) is 90.1 cm³/mol. The van der Waals surface area contributed by atoms with Crippen molar-refractivity contribution in [2.75, 3.05) is 20.6 Å². The highest BCUT2D eigenvalue weighted by atomic mass is 16.5. The molecule has 1 aliphatic carbocycles. The van der Waals surface area contributed by atoms with Gasteiger partial charge in [-0.2, -0.15) is 0 Å². The number of carbonyl (C=O) groups is 3. The first-order valence-corrected chi connectivity index (χ1v) is 8.42. The Balaban J connectivity index is 2.98. The molecule has 0 aromatic rings. The average molecular weight is 341 g/mol. The van der Waals surface area contributed by atoms with Crippen LogP contribution in [-0.2, 0) is 14.4 Å². The number of carbonyl (C=O) groups excluding carboxylic acids is 3. The molecular formula is C17H31N3O4. The summed E-state index contributed by atoms with van der Waals surface area (Å²) in [6, 6.07) is -0.664. The lowest BCUT2D eigenvalue weighted by Gasteiger charge is -2.34. The van der Waals surface area contributed by atoms with Crippen LogP contribution in [0.2, 0.25) is 0 Å². The largest absolute Gasteiger partial charge is 0.347 e. The molecule has 2 N–H and O–H groups in total. The van der Waals surface area contributed by atoms with Crippen LogP contribution in [0.15, 0.2) is 0 Å². The minimum Gasteiger partial charge on any atom is -0.347 e. The van der Waals surface area contributed by atoms with Crippen LogP contribution in [0.1, 0.15) is 47.0 Å². The van der Waals surface area contributed by atoms with Crippen LogP contribution in [-0.4, -0.2) is 60.1 Å². The SMILES string of the molecule is CCC[C@@H]1CC1(CN(O)C=O)C(=O)N[C@@H](C(=O)N(C)C)C(C)(C)C. The van der Waals surface area contributed by atoms with E-state index >= 15 is 0 Å². The highest BCUT2D eigenvalue weighted by Crippen LogP contribution is 2.55. The fourth-order valence-electron chi connectivity index (χ4n) is 3.16. The molecule has 1 fully saturated rings. The highest BCUT2D eigenvalue weighted by molar-refractivity contribution is 5.92. The summed E-state index contributed by atoms with van der Waals surface area (Å²) < 4.78 is 0. The lowest BCUT2D eigenvalue weighted by molar-refractivity contribution is -0.157. The highest BCUT2D eigenvalue weighted by Gasteiger charge is 2.60. The van der Waals surface area contributed by atoms with E-state index in [1.54, 1.807) is 14.1 Å². The van der Waals surface area contributed by atoms with Crippen LogP contribution < -0.4 is 5.32 Å². The van der Waals surface area contributed by atoms with Gasteiger partial charge in [-0.3, -0.25) is 19.6 Å². The van der Waals surface area contributed by atoms with Crippen molar-refractivity contribution in [1.82, 2.24) is 15.3 Å².